The molecule has 1 amide bonds. The molecule has 1 aromatic carbocycles. The number of alkyl halides is 3. The van der Waals surface area contributed by atoms with Crippen molar-refractivity contribution in [3.63, 3.8) is 0 Å². The van der Waals surface area contributed by atoms with E-state index in [2.05, 4.69) is 10.4 Å². The minimum atomic E-state index is -4.46. The Morgan fingerprint density at radius 1 is 1.21 bits per heavy atom. The number of fused-ring (bicyclic) bond motifs is 1. The van der Waals surface area contributed by atoms with E-state index in [0.717, 1.165) is 17.3 Å². The van der Waals surface area contributed by atoms with E-state index in [1.165, 1.54) is 4.68 Å². The van der Waals surface area contributed by atoms with E-state index >= 15 is 0 Å². The van der Waals surface area contributed by atoms with Crippen molar-refractivity contribution in [2.45, 2.75) is 53.4 Å². The van der Waals surface area contributed by atoms with Gasteiger partial charge in [0.25, 0.3) is 0 Å². The molecule has 29 heavy (non-hydrogen) atoms. The number of nitrogens with zero attached hydrogens (tertiary/aromatic N) is 3. The first-order chi connectivity index (χ1) is 13.3. The molecule has 0 saturated carbocycles. The molecule has 0 radical (unpaired) electrons. The highest BCUT2D eigenvalue weighted by Gasteiger charge is 2.35. The van der Waals surface area contributed by atoms with Gasteiger partial charge >= 0.3 is 6.18 Å². The van der Waals surface area contributed by atoms with Gasteiger partial charge in [-0.05, 0) is 36.1 Å². The lowest BCUT2D eigenvalue weighted by Crippen LogP contribution is -2.33. The minimum Gasteiger partial charge on any atom is -0.364 e. The van der Waals surface area contributed by atoms with Gasteiger partial charge in [0.1, 0.15) is 0 Å². The Morgan fingerprint density at radius 2 is 1.90 bits per heavy atom. The maximum absolute atomic E-state index is 12.9. The number of carbonyl (C=O) groups is 1. The Labute approximate surface area is 172 Å². The summed E-state index contributed by atoms with van der Waals surface area (Å²) in [7, 11) is 0. The molecule has 1 aliphatic heterocycles. The molecular weight excluding hydrogens is 405 g/mol. The van der Waals surface area contributed by atoms with Gasteiger partial charge in [0.2, 0.25) is 5.91 Å². The van der Waals surface area contributed by atoms with Crippen LogP contribution in [0, 0.1) is 12.3 Å². The van der Waals surface area contributed by atoms with Crippen LogP contribution in [0.25, 0.3) is 0 Å². The van der Waals surface area contributed by atoms with Crippen LogP contribution in [0.2, 0.25) is 5.02 Å². The summed E-state index contributed by atoms with van der Waals surface area (Å²) in [5.74, 6) is -0.114. The number of aryl methyl sites for hydroxylation is 1. The fraction of sp³-hybridized carbons (Fsp3) is 0.500. The molecule has 0 unspecified atom stereocenters. The van der Waals surface area contributed by atoms with Crippen molar-refractivity contribution in [1.82, 2.24) is 9.78 Å². The Kier molecular flexibility index (Phi) is 5.60. The quantitative estimate of drug-likeness (QED) is 0.725. The van der Waals surface area contributed by atoms with Crippen molar-refractivity contribution >= 4 is 28.9 Å². The standard InChI is InChI=1S/C20H24ClF3N4O/c1-12-7-13(8-15(21)18(12)25-17(29)10-19(2,3)4)27-5-6-28-14(11-27)9-16(26-28)20(22,23)24/h7-9H,5-6,10-11H2,1-4H3,(H,25,29). The fourth-order valence-electron chi connectivity index (χ4n) is 3.36. The van der Waals surface area contributed by atoms with Crippen molar-refractivity contribution in [3.05, 3.63) is 40.2 Å². The number of halogens is 4. The summed E-state index contributed by atoms with van der Waals surface area (Å²) in [6, 6.07) is 4.70. The van der Waals surface area contributed by atoms with E-state index in [1.807, 2.05) is 38.7 Å². The van der Waals surface area contributed by atoms with E-state index in [1.54, 1.807) is 6.07 Å². The highest BCUT2D eigenvalue weighted by molar-refractivity contribution is 6.34. The number of benzene rings is 1. The second-order valence-corrected chi connectivity index (χ2v) is 8.98. The molecule has 0 spiro atoms. The topological polar surface area (TPSA) is 50.2 Å². The molecule has 0 aliphatic carbocycles. The normalized spacial score (nSPS) is 14.7. The van der Waals surface area contributed by atoms with E-state index in [9.17, 15) is 18.0 Å². The molecule has 2 aromatic rings. The van der Waals surface area contributed by atoms with Gasteiger partial charge in [-0.15, -0.1) is 0 Å². The van der Waals surface area contributed by atoms with Gasteiger partial charge in [-0.2, -0.15) is 18.3 Å². The van der Waals surface area contributed by atoms with Gasteiger partial charge < -0.3 is 10.2 Å². The molecule has 1 aliphatic rings. The summed E-state index contributed by atoms with van der Waals surface area (Å²) in [4.78, 5) is 14.2. The molecular formula is C20H24ClF3N4O. The first-order valence-corrected chi connectivity index (χ1v) is 9.70. The van der Waals surface area contributed by atoms with Crippen molar-refractivity contribution in [3.8, 4) is 0 Å². The molecule has 1 aromatic heterocycles. The number of hydrogen-bond acceptors (Lipinski definition) is 3. The Morgan fingerprint density at radius 3 is 2.48 bits per heavy atom. The van der Waals surface area contributed by atoms with E-state index in [-0.39, 0.29) is 11.3 Å². The summed E-state index contributed by atoms with van der Waals surface area (Å²) in [5, 5.41) is 6.93. The third kappa shape index (κ3) is 5.04. The van der Waals surface area contributed by atoms with Crippen LogP contribution in [0.5, 0.6) is 0 Å². The van der Waals surface area contributed by atoms with Crippen LogP contribution in [-0.2, 0) is 24.1 Å². The number of carbonyl (C=O) groups excluding carboxylic acids is 1. The first kappa shape index (κ1) is 21.5. The number of nitrogens with one attached hydrogen (secondary N) is 1. The number of aromatic nitrogens is 2. The highest BCUT2D eigenvalue weighted by atomic mass is 35.5. The summed E-state index contributed by atoms with van der Waals surface area (Å²) in [6.07, 6.45) is -4.09. The Bertz CT molecular complexity index is 908. The van der Waals surface area contributed by atoms with Crippen LogP contribution in [0.3, 0.4) is 0 Å². The molecule has 0 fully saturated rings. The van der Waals surface area contributed by atoms with Crippen LogP contribution >= 0.6 is 11.6 Å². The largest absolute Gasteiger partial charge is 0.435 e. The minimum absolute atomic E-state index is 0.114. The maximum atomic E-state index is 12.9. The van der Waals surface area contributed by atoms with Crippen LogP contribution in [-0.4, -0.2) is 22.2 Å². The van der Waals surface area contributed by atoms with Gasteiger partial charge in [0.05, 0.1) is 29.5 Å². The number of hydrogen-bond donors (Lipinski definition) is 1. The van der Waals surface area contributed by atoms with Crippen LogP contribution in [0.4, 0.5) is 24.5 Å². The van der Waals surface area contributed by atoms with Gasteiger partial charge in [-0.1, -0.05) is 32.4 Å². The summed E-state index contributed by atoms with van der Waals surface area (Å²) in [6.45, 7) is 8.95. The van der Waals surface area contributed by atoms with Gasteiger partial charge in [0.15, 0.2) is 5.69 Å². The maximum Gasteiger partial charge on any atom is 0.435 e. The van der Waals surface area contributed by atoms with Crippen molar-refractivity contribution in [2.75, 3.05) is 16.8 Å². The summed E-state index contributed by atoms with van der Waals surface area (Å²) < 4.78 is 40.1. The third-order valence-electron chi connectivity index (χ3n) is 4.68. The zero-order valence-corrected chi connectivity index (χ0v) is 17.6. The van der Waals surface area contributed by atoms with E-state index in [4.69, 9.17) is 11.6 Å². The molecule has 3 rings (SSSR count). The molecule has 0 saturated heterocycles. The molecule has 0 atom stereocenters. The number of anilines is 2. The molecule has 1 N–H and O–H groups in total. The Balaban J connectivity index is 1.79. The van der Waals surface area contributed by atoms with E-state index < -0.39 is 11.9 Å². The van der Waals surface area contributed by atoms with Crippen molar-refractivity contribution in [2.24, 2.45) is 5.41 Å². The lowest BCUT2D eigenvalue weighted by Gasteiger charge is -2.30. The summed E-state index contributed by atoms with van der Waals surface area (Å²) in [5.41, 5.74) is 1.63. The van der Waals surface area contributed by atoms with Crippen molar-refractivity contribution in [1.29, 1.82) is 0 Å². The predicted octanol–water partition coefficient (Wildman–Crippen LogP) is 5.26. The second kappa shape index (κ2) is 7.55. The molecule has 9 heteroatoms. The lowest BCUT2D eigenvalue weighted by molar-refractivity contribution is -0.141. The second-order valence-electron chi connectivity index (χ2n) is 8.57. The van der Waals surface area contributed by atoms with Gasteiger partial charge in [0, 0.05) is 18.7 Å². The predicted molar refractivity (Wildman–Crippen MR) is 107 cm³/mol. The zero-order valence-electron chi connectivity index (χ0n) is 16.8. The first-order valence-electron chi connectivity index (χ1n) is 9.32. The van der Waals surface area contributed by atoms with E-state index in [0.29, 0.717) is 42.5 Å². The van der Waals surface area contributed by atoms with Crippen LogP contribution < -0.4 is 10.2 Å². The number of amides is 1. The lowest BCUT2D eigenvalue weighted by atomic mass is 9.92. The third-order valence-corrected chi connectivity index (χ3v) is 4.98. The summed E-state index contributed by atoms with van der Waals surface area (Å²) >= 11 is 6.43. The SMILES string of the molecule is Cc1cc(N2CCn3nc(C(F)(F)F)cc3C2)cc(Cl)c1NC(=O)CC(C)(C)C. The van der Waals surface area contributed by atoms with Gasteiger partial charge in [-0.25, -0.2) is 0 Å². The molecule has 0 bridgehead atoms. The Hall–Kier alpha value is -2.22. The zero-order chi connectivity index (χ0) is 21.6. The molecule has 158 valence electrons. The fourth-order valence-corrected chi connectivity index (χ4v) is 3.67. The average molecular weight is 429 g/mol. The highest BCUT2D eigenvalue weighted by Crippen LogP contribution is 2.35. The van der Waals surface area contributed by atoms with Crippen molar-refractivity contribution < 1.29 is 18.0 Å². The molecule has 2 heterocycles. The van der Waals surface area contributed by atoms with Gasteiger partial charge in [-0.3, -0.25) is 9.48 Å². The average Bonchev–Trinajstić information content (AvgIpc) is 3.00. The molecule has 5 nitrogen and oxygen atoms in total. The number of rotatable bonds is 3. The monoisotopic (exact) mass is 428 g/mol. The van der Waals surface area contributed by atoms with Crippen LogP contribution in [0.1, 0.15) is 44.1 Å². The van der Waals surface area contributed by atoms with Crippen LogP contribution in [0.15, 0.2) is 18.2 Å². The smallest absolute Gasteiger partial charge is 0.364 e.